The van der Waals surface area contributed by atoms with Crippen molar-refractivity contribution in [3.8, 4) is 11.5 Å². The minimum absolute atomic E-state index is 0.0707. The van der Waals surface area contributed by atoms with Crippen LogP contribution in [0.25, 0.3) is 0 Å². The molecule has 2 N–H and O–H groups in total. The van der Waals surface area contributed by atoms with E-state index in [0.717, 1.165) is 89.9 Å². The Morgan fingerprint density at radius 2 is 0.766 bits per heavy atom. The number of hydrogen-bond donors (Lipinski definition) is 2. The van der Waals surface area contributed by atoms with Crippen LogP contribution >= 0.6 is 23.2 Å². The highest BCUT2D eigenvalue weighted by molar-refractivity contribution is 7.91. The van der Waals surface area contributed by atoms with Crippen molar-refractivity contribution in [3.63, 3.8) is 0 Å². The van der Waals surface area contributed by atoms with E-state index in [1.807, 2.05) is 0 Å². The number of hydrogen-bond acceptors (Lipinski definition) is 8. The van der Waals surface area contributed by atoms with E-state index in [2.05, 4.69) is 0 Å². The van der Waals surface area contributed by atoms with Gasteiger partial charge >= 0.3 is 0 Å². The zero-order valence-corrected chi connectivity index (χ0v) is 30.7. The molecule has 0 radical (unpaired) electrons. The zero-order chi connectivity index (χ0) is 34.8. The van der Waals surface area contributed by atoms with Crippen LogP contribution < -0.4 is 9.47 Å². The Labute approximate surface area is 291 Å². The third kappa shape index (κ3) is 18.1. The van der Waals surface area contributed by atoms with Gasteiger partial charge < -0.3 is 9.47 Å². The molecule has 0 aliphatic rings. The first kappa shape index (κ1) is 41.6. The van der Waals surface area contributed by atoms with Crippen molar-refractivity contribution in [2.75, 3.05) is 24.7 Å². The van der Waals surface area contributed by atoms with Crippen LogP contribution in [0.5, 0.6) is 11.5 Å². The molecule has 0 heterocycles. The van der Waals surface area contributed by atoms with Crippen LogP contribution in [0.4, 0.5) is 0 Å². The van der Waals surface area contributed by atoms with Gasteiger partial charge in [0, 0.05) is 10.0 Å². The van der Waals surface area contributed by atoms with Gasteiger partial charge in [-0.05, 0) is 62.1 Å². The van der Waals surface area contributed by atoms with Crippen LogP contribution in [-0.2, 0) is 30.1 Å². The van der Waals surface area contributed by atoms with Gasteiger partial charge in [-0.1, -0.05) is 100 Å². The standard InChI is InChI=1S/C32H48Cl2O10S3/c33-27-17-19-29(43-21-13-9-5-1-3-7-11-15-23-45(35,36)37)31(25-27)47(41,42)32-26-28(34)18-20-30(32)44-22-14-10-6-2-4-8-12-16-24-46(38,39)40/h17-20,25-26H,1-16,21-24H2,(H,35,36,37)(H,38,39,40). The zero-order valence-electron chi connectivity index (χ0n) is 26.7. The normalized spacial score (nSPS) is 12.3. The predicted octanol–water partition coefficient (Wildman–Crippen LogP) is 8.60. The first-order valence-corrected chi connectivity index (χ1v) is 21.6. The molecule has 0 fully saturated rings. The van der Waals surface area contributed by atoms with Crippen molar-refractivity contribution in [2.45, 2.75) is 113 Å². The third-order valence-corrected chi connectivity index (χ3v) is 11.4. The number of ether oxygens (including phenoxy) is 2. The maximum absolute atomic E-state index is 13.9. The number of halogens is 2. The monoisotopic (exact) mass is 758 g/mol. The molecule has 0 amide bonds. The predicted molar refractivity (Wildman–Crippen MR) is 186 cm³/mol. The topological polar surface area (TPSA) is 161 Å². The van der Waals surface area contributed by atoms with Crippen molar-refractivity contribution >= 4 is 53.3 Å². The van der Waals surface area contributed by atoms with Crippen LogP contribution in [0.15, 0.2) is 46.2 Å². The lowest BCUT2D eigenvalue weighted by atomic mass is 10.1. The maximum Gasteiger partial charge on any atom is 0.264 e. The second-order valence-electron chi connectivity index (χ2n) is 11.6. The smallest absolute Gasteiger partial charge is 0.264 e. The molecule has 10 nitrogen and oxygen atoms in total. The second-order valence-corrected chi connectivity index (χ2v) is 17.5. The molecule has 0 unspecified atom stereocenters. The summed E-state index contributed by atoms with van der Waals surface area (Å²) >= 11 is 12.4. The summed E-state index contributed by atoms with van der Waals surface area (Å²) < 4.78 is 100. The van der Waals surface area contributed by atoms with E-state index in [1.54, 1.807) is 24.3 Å². The SMILES string of the molecule is O=S(=O)(O)CCCCCCCCCCOc1ccc(Cl)cc1S(=O)(=O)c1cc(Cl)ccc1OCCCCCCCCCCS(=O)(=O)O. The molecular formula is C32H48Cl2O10S3. The Morgan fingerprint density at radius 1 is 0.468 bits per heavy atom. The first-order valence-electron chi connectivity index (χ1n) is 16.2. The highest BCUT2D eigenvalue weighted by Crippen LogP contribution is 2.37. The summed E-state index contributed by atoms with van der Waals surface area (Å²) in [4.78, 5) is -0.141. The first-order chi connectivity index (χ1) is 22.2. The van der Waals surface area contributed by atoms with Gasteiger partial charge in [-0.25, -0.2) is 8.42 Å². The third-order valence-electron chi connectivity index (χ3n) is 7.50. The lowest BCUT2D eigenvalue weighted by Crippen LogP contribution is -2.09. The number of rotatable bonds is 26. The largest absolute Gasteiger partial charge is 0.492 e. The molecule has 0 saturated carbocycles. The van der Waals surface area contributed by atoms with Crippen LogP contribution in [0.3, 0.4) is 0 Å². The van der Waals surface area contributed by atoms with E-state index >= 15 is 0 Å². The quantitative estimate of drug-likeness (QED) is 0.0702. The number of unbranched alkanes of at least 4 members (excludes halogenated alkanes) is 14. The van der Waals surface area contributed by atoms with Crippen molar-refractivity contribution in [2.24, 2.45) is 0 Å². The molecule has 0 saturated heterocycles. The van der Waals surface area contributed by atoms with Crippen molar-refractivity contribution in [1.82, 2.24) is 0 Å². The summed E-state index contributed by atoms with van der Waals surface area (Å²) in [5.41, 5.74) is 0. The number of sulfone groups is 1. The molecule has 268 valence electrons. The van der Waals surface area contributed by atoms with Crippen LogP contribution in [0.1, 0.15) is 103 Å². The molecule has 2 aromatic rings. The van der Waals surface area contributed by atoms with Gasteiger partial charge in [-0.15, -0.1) is 0 Å². The van der Waals surface area contributed by atoms with Crippen molar-refractivity contribution in [3.05, 3.63) is 46.4 Å². The van der Waals surface area contributed by atoms with Gasteiger partial charge in [0.2, 0.25) is 9.84 Å². The van der Waals surface area contributed by atoms with Gasteiger partial charge in [0.25, 0.3) is 20.2 Å². The minimum Gasteiger partial charge on any atom is -0.492 e. The van der Waals surface area contributed by atoms with Gasteiger partial charge in [0.1, 0.15) is 21.3 Å². The van der Waals surface area contributed by atoms with E-state index in [0.29, 0.717) is 26.1 Å². The van der Waals surface area contributed by atoms with Gasteiger partial charge in [0.05, 0.1) is 24.7 Å². The fourth-order valence-electron chi connectivity index (χ4n) is 5.00. The Morgan fingerprint density at radius 3 is 1.09 bits per heavy atom. The highest BCUT2D eigenvalue weighted by Gasteiger charge is 2.27. The summed E-state index contributed by atoms with van der Waals surface area (Å²) in [6.45, 7) is 0.643. The number of benzene rings is 2. The lowest BCUT2D eigenvalue weighted by molar-refractivity contribution is 0.294. The minimum atomic E-state index is -4.11. The molecule has 0 atom stereocenters. The summed E-state index contributed by atoms with van der Waals surface area (Å²) in [5, 5.41) is 0.492. The maximum atomic E-state index is 13.9. The molecule has 2 rings (SSSR count). The van der Waals surface area contributed by atoms with E-state index in [4.69, 9.17) is 41.8 Å². The van der Waals surface area contributed by atoms with Crippen molar-refractivity contribution in [1.29, 1.82) is 0 Å². The van der Waals surface area contributed by atoms with E-state index in [-0.39, 0.29) is 42.8 Å². The second kappa shape index (κ2) is 21.5. The average Bonchev–Trinajstić information content (AvgIpc) is 2.98. The fourth-order valence-corrected chi connectivity index (χ4v) is 8.20. The molecule has 0 bridgehead atoms. The van der Waals surface area contributed by atoms with E-state index < -0.39 is 30.1 Å². The summed E-state index contributed by atoms with van der Waals surface area (Å²) in [7, 11) is -11.9. The molecule has 0 aromatic heterocycles. The van der Waals surface area contributed by atoms with E-state index in [9.17, 15) is 25.3 Å². The van der Waals surface area contributed by atoms with Gasteiger partial charge in [0.15, 0.2) is 0 Å². The Bertz CT molecular complexity index is 1440. The molecule has 2 aromatic carbocycles. The highest BCUT2D eigenvalue weighted by atomic mass is 35.5. The summed E-state index contributed by atoms with van der Waals surface area (Å²) in [6.07, 6.45) is 13.3. The van der Waals surface area contributed by atoms with Gasteiger partial charge in [-0.2, -0.15) is 16.8 Å². The Hall–Kier alpha value is -1.61. The van der Waals surface area contributed by atoms with Crippen LogP contribution in [0.2, 0.25) is 10.0 Å². The van der Waals surface area contributed by atoms with Gasteiger partial charge in [-0.3, -0.25) is 9.11 Å². The van der Waals surface area contributed by atoms with Crippen molar-refractivity contribution < 1.29 is 43.8 Å². The fraction of sp³-hybridized carbons (Fsp3) is 0.625. The average molecular weight is 760 g/mol. The molecule has 47 heavy (non-hydrogen) atoms. The van der Waals surface area contributed by atoms with Crippen LogP contribution in [0, 0.1) is 0 Å². The molecule has 0 spiro atoms. The van der Waals surface area contributed by atoms with Crippen LogP contribution in [-0.4, -0.2) is 59.1 Å². The molecule has 0 aliphatic carbocycles. The molecule has 0 aliphatic heterocycles. The summed E-state index contributed by atoms with van der Waals surface area (Å²) in [5.74, 6) is -0.0161. The Balaban J connectivity index is 1.84. The molecule has 15 heteroatoms. The summed E-state index contributed by atoms with van der Waals surface area (Å²) in [6, 6.07) is 8.96. The Kier molecular flexibility index (Phi) is 19.0. The lowest BCUT2D eigenvalue weighted by Gasteiger charge is -2.16. The van der Waals surface area contributed by atoms with E-state index in [1.165, 1.54) is 12.1 Å². The molecular weight excluding hydrogens is 711 g/mol.